The number of imidazole rings is 1. The molecule has 0 unspecified atom stereocenters. The van der Waals surface area contributed by atoms with E-state index in [9.17, 15) is 22.4 Å². The second-order valence-corrected chi connectivity index (χ2v) is 6.87. The fourth-order valence-electron chi connectivity index (χ4n) is 3.06. The van der Waals surface area contributed by atoms with Crippen LogP contribution in [0.2, 0.25) is 0 Å². The summed E-state index contributed by atoms with van der Waals surface area (Å²) in [6.07, 6.45) is -1.18. The van der Waals surface area contributed by atoms with E-state index in [1.807, 2.05) is 0 Å². The van der Waals surface area contributed by atoms with Gasteiger partial charge in [0, 0.05) is 32.6 Å². The summed E-state index contributed by atoms with van der Waals surface area (Å²) in [6, 6.07) is 10.6. The highest BCUT2D eigenvalue weighted by molar-refractivity contribution is 5.94. The van der Waals surface area contributed by atoms with Crippen LogP contribution in [0.3, 0.4) is 0 Å². The molecule has 0 bridgehead atoms. The van der Waals surface area contributed by atoms with Gasteiger partial charge in [0.15, 0.2) is 0 Å². The van der Waals surface area contributed by atoms with Crippen LogP contribution >= 0.6 is 0 Å². The normalized spacial score (nSPS) is 11.5. The fraction of sp³-hybridized carbons (Fsp3) is 0.273. The van der Waals surface area contributed by atoms with Crippen LogP contribution < -0.4 is 0 Å². The van der Waals surface area contributed by atoms with Gasteiger partial charge in [0.1, 0.15) is 11.6 Å². The van der Waals surface area contributed by atoms with Crippen molar-refractivity contribution in [3.8, 4) is 0 Å². The summed E-state index contributed by atoms with van der Waals surface area (Å²) in [5.41, 5.74) is -0.126. The van der Waals surface area contributed by atoms with E-state index in [2.05, 4.69) is 4.98 Å². The molecule has 1 aromatic heterocycles. The first-order chi connectivity index (χ1) is 14.8. The summed E-state index contributed by atoms with van der Waals surface area (Å²) < 4.78 is 59.2. The average Bonchev–Trinajstić information content (AvgIpc) is 3.17. The van der Waals surface area contributed by atoms with Gasteiger partial charge in [-0.15, -0.1) is 0 Å². The van der Waals surface area contributed by atoms with Crippen molar-refractivity contribution in [1.82, 2.24) is 14.5 Å². The summed E-state index contributed by atoms with van der Waals surface area (Å²) in [4.78, 5) is 18.6. The van der Waals surface area contributed by atoms with Crippen LogP contribution in [0.15, 0.2) is 60.9 Å². The van der Waals surface area contributed by atoms with Gasteiger partial charge >= 0.3 is 6.18 Å². The average molecular weight is 435 g/mol. The highest BCUT2D eigenvalue weighted by Gasteiger charge is 2.30. The molecular formula is C22H21F4N3O2. The zero-order valence-corrected chi connectivity index (χ0v) is 16.8. The molecule has 0 N–H and O–H groups in total. The number of benzene rings is 2. The molecule has 0 aliphatic heterocycles. The Morgan fingerprint density at radius 2 is 1.84 bits per heavy atom. The molecule has 1 heterocycles. The van der Waals surface area contributed by atoms with Crippen LogP contribution in [0, 0.1) is 5.82 Å². The maximum Gasteiger partial charge on any atom is 0.416 e. The first-order valence-electron chi connectivity index (χ1n) is 9.48. The van der Waals surface area contributed by atoms with Gasteiger partial charge in [-0.05, 0) is 29.8 Å². The first kappa shape index (κ1) is 22.5. The third-order valence-electron chi connectivity index (χ3n) is 4.72. The van der Waals surface area contributed by atoms with Gasteiger partial charge < -0.3 is 14.2 Å². The third kappa shape index (κ3) is 5.69. The molecule has 2 aromatic carbocycles. The Hall–Kier alpha value is -3.20. The molecule has 5 nitrogen and oxygen atoms in total. The second kappa shape index (κ2) is 9.74. The molecule has 0 atom stereocenters. The number of rotatable bonds is 8. The molecule has 31 heavy (non-hydrogen) atoms. The molecule has 0 radical (unpaired) electrons. The number of ether oxygens (including phenoxy) is 1. The molecular weight excluding hydrogens is 414 g/mol. The topological polar surface area (TPSA) is 47.4 Å². The predicted octanol–water partition coefficient (Wildman–Crippen LogP) is 4.38. The number of halogens is 4. The van der Waals surface area contributed by atoms with Crippen LogP contribution in [0.5, 0.6) is 0 Å². The van der Waals surface area contributed by atoms with Crippen molar-refractivity contribution in [1.29, 1.82) is 0 Å². The van der Waals surface area contributed by atoms with Crippen molar-refractivity contribution in [3.63, 3.8) is 0 Å². The molecule has 0 aliphatic carbocycles. The van der Waals surface area contributed by atoms with E-state index in [0.29, 0.717) is 11.4 Å². The number of amides is 1. The molecule has 9 heteroatoms. The smallest absolute Gasteiger partial charge is 0.383 e. The van der Waals surface area contributed by atoms with Crippen molar-refractivity contribution >= 4 is 5.91 Å². The van der Waals surface area contributed by atoms with Crippen molar-refractivity contribution in [2.24, 2.45) is 0 Å². The lowest BCUT2D eigenvalue weighted by Gasteiger charge is -2.23. The molecule has 164 valence electrons. The summed E-state index contributed by atoms with van der Waals surface area (Å²) in [6.45, 7) is 0.834. The largest absolute Gasteiger partial charge is 0.416 e. The van der Waals surface area contributed by atoms with Gasteiger partial charge in [0.05, 0.1) is 24.3 Å². The van der Waals surface area contributed by atoms with Gasteiger partial charge in [-0.3, -0.25) is 4.79 Å². The van der Waals surface area contributed by atoms with Crippen molar-refractivity contribution < 1.29 is 27.1 Å². The Morgan fingerprint density at radius 3 is 2.48 bits per heavy atom. The molecule has 0 aliphatic rings. The lowest BCUT2D eigenvalue weighted by Crippen LogP contribution is -2.35. The van der Waals surface area contributed by atoms with Crippen LogP contribution in [-0.4, -0.2) is 40.6 Å². The Balaban J connectivity index is 1.78. The molecule has 0 saturated heterocycles. The minimum atomic E-state index is -4.40. The molecule has 0 spiro atoms. The monoisotopic (exact) mass is 435 g/mol. The number of nitrogens with zero attached hydrogens (tertiary/aromatic N) is 3. The van der Waals surface area contributed by atoms with Gasteiger partial charge in [0.25, 0.3) is 5.91 Å². The first-order valence-corrected chi connectivity index (χ1v) is 9.48. The minimum Gasteiger partial charge on any atom is -0.383 e. The van der Waals surface area contributed by atoms with Crippen molar-refractivity contribution in [3.05, 3.63) is 89.3 Å². The van der Waals surface area contributed by atoms with Crippen molar-refractivity contribution in [2.75, 3.05) is 20.3 Å². The Labute approximate surface area is 176 Å². The number of aromatic nitrogens is 2. The minimum absolute atomic E-state index is 0.0561. The number of methoxy groups -OCH3 is 1. The standard InChI is InChI=1S/C22H21F4N3O2/c1-31-13-12-29(21(30)18-4-2-3-5-19(18)23)15-20-27-10-11-28(20)14-16-6-8-17(9-7-16)22(24,25)26/h2-11H,12-15H2,1H3. The van der Waals surface area contributed by atoms with Crippen LogP contribution in [0.1, 0.15) is 27.3 Å². The lowest BCUT2D eigenvalue weighted by atomic mass is 10.1. The Morgan fingerprint density at radius 1 is 1.13 bits per heavy atom. The zero-order valence-electron chi connectivity index (χ0n) is 16.8. The molecule has 0 fully saturated rings. The highest BCUT2D eigenvalue weighted by atomic mass is 19.4. The maximum absolute atomic E-state index is 14.1. The second-order valence-electron chi connectivity index (χ2n) is 6.87. The molecule has 3 rings (SSSR count). The van der Waals surface area contributed by atoms with Crippen LogP contribution in [0.25, 0.3) is 0 Å². The van der Waals surface area contributed by atoms with E-state index in [1.165, 1.54) is 42.3 Å². The summed E-state index contributed by atoms with van der Waals surface area (Å²) in [5.74, 6) is -0.608. The predicted molar refractivity (Wildman–Crippen MR) is 106 cm³/mol. The SMILES string of the molecule is COCCN(Cc1nccn1Cc1ccc(C(F)(F)F)cc1)C(=O)c1ccccc1F. The van der Waals surface area contributed by atoms with Gasteiger partial charge in [0.2, 0.25) is 0 Å². The highest BCUT2D eigenvalue weighted by Crippen LogP contribution is 2.29. The number of alkyl halides is 3. The van der Waals surface area contributed by atoms with E-state index >= 15 is 0 Å². The summed E-state index contributed by atoms with van der Waals surface area (Å²) in [5, 5.41) is 0. The summed E-state index contributed by atoms with van der Waals surface area (Å²) >= 11 is 0. The fourth-order valence-corrected chi connectivity index (χ4v) is 3.06. The summed E-state index contributed by atoms with van der Waals surface area (Å²) in [7, 11) is 1.50. The molecule has 1 amide bonds. The van der Waals surface area contributed by atoms with E-state index in [-0.39, 0.29) is 31.8 Å². The zero-order chi connectivity index (χ0) is 22.4. The van der Waals surface area contributed by atoms with Gasteiger partial charge in [-0.25, -0.2) is 9.37 Å². The number of hydrogen-bond donors (Lipinski definition) is 0. The van der Waals surface area contributed by atoms with Crippen molar-refractivity contribution in [2.45, 2.75) is 19.3 Å². The van der Waals surface area contributed by atoms with Gasteiger partial charge in [-0.1, -0.05) is 24.3 Å². The van der Waals surface area contributed by atoms with E-state index in [4.69, 9.17) is 4.74 Å². The number of carbonyl (C=O) groups excluding carboxylic acids is 1. The Bertz CT molecular complexity index is 1020. The molecule has 3 aromatic rings. The number of hydrogen-bond acceptors (Lipinski definition) is 3. The maximum atomic E-state index is 14.1. The van der Waals surface area contributed by atoms with E-state index in [1.54, 1.807) is 23.0 Å². The van der Waals surface area contributed by atoms with E-state index < -0.39 is 23.5 Å². The quantitative estimate of drug-likeness (QED) is 0.494. The van der Waals surface area contributed by atoms with Crippen LogP contribution in [0.4, 0.5) is 17.6 Å². The van der Waals surface area contributed by atoms with E-state index in [0.717, 1.165) is 12.1 Å². The van der Waals surface area contributed by atoms with Gasteiger partial charge in [-0.2, -0.15) is 13.2 Å². The Kier molecular flexibility index (Phi) is 7.06. The van der Waals surface area contributed by atoms with Crippen LogP contribution in [-0.2, 0) is 24.0 Å². The number of carbonyl (C=O) groups is 1. The molecule has 0 saturated carbocycles. The third-order valence-corrected chi connectivity index (χ3v) is 4.72. The lowest BCUT2D eigenvalue weighted by molar-refractivity contribution is -0.137.